The Hall–Kier alpha value is -0.990. The number of carbonyl (C=O) groups excluding carboxylic acids is 1. The van der Waals surface area contributed by atoms with E-state index in [-0.39, 0.29) is 11.9 Å². The molecule has 0 atom stereocenters. The van der Waals surface area contributed by atoms with Crippen LogP contribution in [-0.2, 0) is 9.53 Å². The maximum atomic E-state index is 10.1. The van der Waals surface area contributed by atoms with Crippen LogP contribution in [-0.4, -0.2) is 5.97 Å². The van der Waals surface area contributed by atoms with Gasteiger partial charge in [-0.1, -0.05) is 0 Å². The minimum Gasteiger partial charge on any atom is -0.410 e. The first-order valence-corrected chi connectivity index (χ1v) is 1.95. The molecule has 2 N–H and O–H groups in total. The molecule has 3 heteroatoms. The summed E-state index contributed by atoms with van der Waals surface area (Å²) in [7, 11) is 0. The van der Waals surface area contributed by atoms with Gasteiger partial charge in [-0.2, -0.15) is 0 Å². The van der Waals surface area contributed by atoms with Crippen LogP contribution < -0.4 is 5.73 Å². The van der Waals surface area contributed by atoms with E-state index in [9.17, 15) is 4.79 Å². The second-order valence-electron chi connectivity index (χ2n) is 1.28. The van der Waals surface area contributed by atoms with Gasteiger partial charge in [0, 0.05) is 0 Å². The number of cyclic esters (lactones) is 1. The van der Waals surface area contributed by atoms with Crippen molar-refractivity contribution < 1.29 is 9.53 Å². The van der Waals surface area contributed by atoms with E-state index in [1.165, 1.54) is 0 Å². The maximum absolute atomic E-state index is 10.1. The average Bonchev–Trinajstić information content (AvgIpc) is 1.87. The number of hydrogen-bond acceptors (Lipinski definition) is 3. The molecule has 38 valence electrons. The van der Waals surface area contributed by atoms with E-state index in [0.29, 0.717) is 6.42 Å². The first-order chi connectivity index (χ1) is 3.29. The van der Waals surface area contributed by atoms with Crippen LogP contribution in [0.4, 0.5) is 0 Å². The lowest BCUT2D eigenvalue weighted by Crippen LogP contribution is -2.00. The van der Waals surface area contributed by atoms with Crippen molar-refractivity contribution in [2.75, 3.05) is 0 Å². The number of ether oxygens (including phenoxy) is 1. The van der Waals surface area contributed by atoms with Crippen molar-refractivity contribution >= 4 is 5.97 Å². The Morgan fingerprint density at radius 1 is 1.86 bits per heavy atom. The predicted molar refractivity (Wildman–Crippen MR) is 23.0 cm³/mol. The summed E-state index contributed by atoms with van der Waals surface area (Å²) in [4.78, 5) is 10.1. The maximum Gasteiger partial charge on any atom is 0.316 e. The lowest BCUT2D eigenvalue weighted by Gasteiger charge is -1.87. The van der Waals surface area contributed by atoms with Crippen LogP contribution in [0.3, 0.4) is 0 Å². The number of nitrogens with two attached hydrogens (primary N) is 1. The summed E-state index contributed by atoms with van der Waals surface area (Å²) in [6, 6.07) is 0. The van der Waals surface area contributed by atoms with Gasteiger partial charge >= 0.3 is 5.97 Å². The first-order valence-electron chi connectivity index (χ1n) is 1.95. The lowest BCUT2D eigenvalue weighted by molar-refractivity contribution is -0.136. The van der Waals surface area contributed by atoms with Gasteiger partial charge in [0.25, 0.3) is 0 Å². The topological polar surface area (TPSA) is 52.3 Å². The summed E-state index contributed by atoms with van der Waals surface area (Å²) >= 11 is 0. The molecule has 7 heavy (non-hydrogen) atoms. The van der Waals surface area contributed by atoms with Crippen molar-refractivity contribution in [1.82, 2.24) is 0 Å². The fraction of sp³-hybridized carbons (Fsp3) is 0.250. The Bertz CT molecular complexity index is 128. The minimum atomic E-state index is -0.266. The van der Waals surface area contributed by atoms with Crippen molar-refractivity contribution in [2.45, 2.75) is 6.42 Å². The van der Waals surface area contributed by atoms with Crippen LogP contribution in [0.2, 0.25) is 0 Å². The predicted octanol–water partition coefficient (Wildman–Crippen LogP) is -0.267. The number of esters is 1. The normalized spacial score (nSPS) is 18.9. The monoisotopic (exact) mass is 99.0 g/mol. The molecule has 1 rings (SSSR count). The largest absolute Gasteiger partial charge is 0.410 e. The van der Waals surface area contributed by atoms with Gasteiger partial charge in [0.2, 0.25) is 0 Å². The summed E-state index contributed by atoms with van der Waals surface area (Å²) in [6.45, 7) is 0. The van der Waals surface area contributed by atoms with Crippen molar-refractivity contribution in [3.8, 4) is 0 Å². The summed E-state index contributed by atoms with van der Waals surface area (Å²) in [5.41, 5.74) is 5.04. The number of carbonyl (C=O) groups is 1. The van der Waals surface area contributed by atoms with Crippen molar-refractivity contribution in [2.24, 2.45) is 5.73 Å². The van der Waals surface area contributed by atoms with Gasteiger partial charge in [-0.25, -0.2) is 0 Å². The van der Waals surface area contributed by atoms with Gasteiger partial charge in [0.05, 0.1) is 6.42 Å². The molecule has 0 spiro atoms. The van der Waals surface area contributed by atoms with Gasteiger partial charge in [0.15, 0.2) is 5.88 Å². The zero-order chi connectivity index (χ0) is 5.28. The third kappa shape index (κ3) is 0.707. The van der Waals surface area contributed by atoms with Crippen LogP contribution in [0.25, 0.3) is 0 Å². The smallest absolute Gasteiger partial charge is 0.316 e. The van der Waals surface area contributed by atoms with Gasteiger partial charge in [-0.05, 0) is 6.08 Å². The first kappa shape index (κ1) is 4.18. The molecule has 0 aromatic rings. The van der Waals surface area contributed by atoms with E-state index >= 15 is 0 Å². The quantitative estimate of drug-likeness (QED) is 0.425. The minimum absolute atomic E-state index is 0.227. The molecule has 0 unspecified atom stereocenters. The highest BCUT2D eigenvalue weighted by Crippen LogP contribution is 2.02. The molecule has 0 saturated heterocycles. The van der Waals surface area contributed by atoms with Crippen LogP contribution in [0, 0.1) is 0 Å². The molecule has 0 aromatic heterocycles. The Labute approximate surface area is 40.8 Å². The fourth-order valence-electron chi connectivity index (χ4n) is 0.399. The van der Waals surface area contributed by atoms with E-state index in [2.05, 4.69) is 4.74 Å². The summed E-state index contributed by atoms with van der Waals surface area (Å²) in [5, 5.41) is 0. The van der Waals surface area contributed by atoms with Gasteiger partial charge in [-0.15, -0.1) is 0 Å². The molecule has 0 aliphatic carbocycles. The van der Waals surface area contributed by atoms with E-state index in [4.69, 9.17) is 5.73 Å². The molecule has 0 fully saturated rings. The van der Waals surface area contributed by atoms with Crippen molar-refractivity contribution in [1.29, 1.82) is 0 Å². The Balaban J connectivity index is 2.58. The summed E-state index contributed by atoms with van der Waals surface area (Å²) in [5.74, 6) is -0.0394. The van der Waals surface area contributed by atoms with Gasteiger partial charge in [0.1, 0.15) is 0 Å². The summed E-state index contributed by atoms with van der Waals surface area (Å²) < 4.78 is 4.36. The Kier molecular flexibility index (Phi) is 0.749. The molecule has 1 aliphatic heterocycles. The van der Waals surface area contributed by atoms with Crippen LogP contribution in [0.1, 0.15) is 6.42 Å². The molecule has 1 aliphatic rings. The highest BCUT2D eigenvalue weighted by molar-refractivity contribution is 5.74. The second kappa shape index (κ2) is 1.26. The molecule has 0 amide bonds. The SMILES string of the molecule is NC1=CCC(=O)O1. The molecular formula is C4H5NO2. The number of hydrogen-bond donors (Lipinski definition) is 1. The third-order valence-corrected chi connectivity index (χ3v) is 0.702. The zero-order valence-electron chi connectivity index (χ0n) is 3.68. The highest BCUT2D eigenvalue weighted by Gasteiger charge is 2.09. The standard InChI is InChI=1S/C4H5NO2/c5-3-1-2-4(6)7-3/h1H,2,5H2. The molecular weight excluding hydrogens is 94.0 g/mol. The van der Waals surface area contributed by atoms with Crippen molar-refractivity contribution in [3.63, 3.8) is 0 Å². The van der Waals surface area contributed by atoms with E-state index < -0.39 is 0 Å². The van der Waals surface area contributed by atoms with Crippen LogP contribution in [0.5, 0.6) is 0 Å². The average molecular weight is 99.1 g/mol. The van der Waals surface area contributed by atoms with E-state index in [1.54, 1.807) is 6.08 Å². The highest BCUT2D eigenvalue weighted by atomic mass is 16.5. The van der Waals surface area contributed by atoms with Crippen molar-refractivity contribution in [3.05, 3.63) is 12.0 Å². The zero-order valence-corrected chi connectivity index (χ0v) is 3.68. The molecule has 0 radical (unpaired) electrons. The summed E-state index contributed by atoms with van der Waals surface area (Å²) in [6.07, 6.45) is 1.87. The lowest BCUT2D eigenvalue weighted by atomic mass is 10.5. The molecule has 1 heterocycles. The third-order valence-electron chi connectivity index (χ3n) is 0.702. The molecule has 3 nitrogen and oxygen atoms in total. The molecule has 0 aromatic carbocycles. The van der Waals surface area contributed by atoms with Gasteiger partial charge in [-0.3, -0.25) is 4.79 Å². The molecule has 0 saturated carbocycles. The fourth-order valence-corrected chi connectivity index (χ4v) is 0.399. The second-order valence-corrected chi connectivity index (χ2v) is 1.28. The van der Waals surface area contributed by atoms with Crippen LogP contribution in [0.15, 0.2) is 12.0 Å². The van der Waals surface area contributed by atoms with E-state index in [0.717, 1.165) is 0 Å². The molecule has 0 bridgehead atoms. The Morgan fingerprint density at radius 3 is 2.71 bits per heavy atom. The van der Waals surface area contributed by atoms with Gasteiger partial charge < -0.3 is 10.5 Å². The number of rotatable bonds is 0. The Morgan fingerprint density at radius 2 is 2.57 bits per heavy atom. The van der Waals surface area contributed by atoms with E-state index in [1.807, 2.05) is 0 Å². The van der Waals surface area contributed by atoms with Crippen LogP contribution >= 0.6 is 0 Å².